The molecule has 0 spiro atoms. The quantitative estimate of drug-likeness (QED) is 0.327. The van der Waals surface area contributed by atoms with Crippen LogP contribution in [0, 0.1) is 0 Å². The zero-order valence-corrected chi connectivity index (χ0v) is 21.3. The first-order chi connectivity index (χ1) is 17.2. The van der Waals surface area contributed by atoms with Gasteiger partial charge in [0, 0.05) is 45.8 Å². The second kappa shape index (κ2) is 10.9. The summed E-state index contributed by atoms with van der Waals surface area (Å²) < 4.78 is 31.7. The van der Waals surface area contributed by atoms with Crippen molar-refractivity contribution >= 4 is 27.5 Å². The van der Waals surface area contributed by atoms with Gasteiger partial charge in [-0.15, -0.1) is 0 Å². The number of sulfonamides is 1. The van der Waals surface area contributed by atoms with Crippen LogP contribution in [0.5, 0.6) is 0 Å². The average molecular weight is 514 g/mol. The van der Waals surface area contributed by atoms with Crippen molar-refractivity contribution in [2.24, 2.45) is 0 Å². The Morgan fingerprint density at radius 3 is 2.39 bits per heavy atom. The Bertz CT molecular complexity index is 1250. The maximum absolute atomic E-state index is 13.2. The third-order valence-corrected chi connectivity index (χ3v) is 8.33. The molecule has 2 heterocycles. The van der Waals surface area contributed by atoms with Gasteiger partial charge in [-0.05, 0) is 24.1 Å². The number of carbonyl (C=O) groups is 2. The maximum Gasteiger partial charge on any atom is 0.295 e. The van der Waals surface area contributed by atoms with E-state index in [1.165, 1.54) is 43.3 Å². The molecule has 9 nitrogen and oxygen atoms in total. The van der Waals surface area contributed by atoms with Crippen LogP contribution in [0.2, 0.25) is 0 Å². The minimum absolute atomic E-state index is 0.0208. The number of nitrogens with zero attached hydrogens (tertiary/aromatic N) is 3. The summed E-state index contributed by atoms with van der Waals surface area (Å²) in [5.41, 5.74) is 0.809. The highest BCUT2D eigenvalue weighted by Gasteiger charge is 2.45. The van der Waals surface area contributed by atoms with Crippen LogP contribution in [0.3, 0.4) is 0 Å². The van der Waals surface area contributed by atoms with Gasteiger partial charge < -0.3 is 14.7 Å². The van der Waals surface area contributed by atoms with Crippen molar-refractivity contribution in [1.82, 2.24) is 14.1 Å². The molecular formula is C26H31N3O6S. The molecule has 2 aromatic rings. The van der Waals surface area contributed by atoms with Crippen LogP contribution in [0.15, 0.2) is 65.1 Å². The van der Waals surface area contributed by atoms with E-state index in [0.29, 0.717) is 31.7 Å². The zero-order valence-electron chi connectivity index (χ0n) is 20.5. The number of aliphatic hydroxyl groups is 1. The highest BCUT2D eigenvalue weighted by molar-refractivity contribution is 7.89. The monoisotopic (exact) mass is 513 g/mol. The summed E-state index contributed by atoms with van der Waals surface area (Å²) in [5, 5.41) is 11.3. The van der Waals surface area contributed by atoms with Gasteiger partial charge in [-0.2, -0.15) is 0 Å². The summed E-state index contributed by atoms with van der Waals surface area (Å²) in [6, 6.07) is 14.1. The second-order valence-corrected chi connectivity index (χ2v) is 11.2. The van der Waals surface area contributed by atoms with Crippen LogP contribution in [0.1, 0.15) is 23.6 Å². The first-order valence-corrected chi connectivity index (χ1v) is 13.3. The van der Waals surface area contributed by atoms with Gasteiger partial charge in [0.1, 0.15) is 5.76 Å². The number of benzene rings is 2. The van der Waals surface area contributed by atoms with Gasteiger partial charge in [-0.1, -0.05) is 42.5 Å². The molecule has 0 aliphatic carbocycles. The van der Waals surface area contributed by atoms with Gasteiger partial charge in [0.15, 0.2) is 0 Å². The fourth-order valence-corrected chi connectivity index (χ4v) is 5.50. The molecule has 2 saturated heterocycles. The third-order valence-electron chi connectivity index (χ3n) is 6.52. The molecule has 0 unspecified atom stereocenters. The fourth-order valence-electron chi connectivity index (χ4n) is 4.55. The van der Waals surface area contributed by atoms with E-state index in [0.717, 1.165) is 23.9 Å². The molecule has 10 heteroatoms. The zero-order chi connectivity index (χ0) is 25.9. The van der Waals surface area contributed by atoms with Gasteiger partial charge in [-0.25, -0.2) is 12.7 Å². The lowest BCUT2D eigenvalue weighted by molar-refractivity contribution is -0.140. The summed E-state index contributed by atoms with van der Waals surface area (Å²) in [5.74, 6) is -1.85. The van der Waals surface area contributed by atoms with E-state index in [-0.39, 0.29) is 16.0 Å². The minimum atomic E-state index is -3.76. The number of amides is 1. The van der Waals surface area contributed by atoms with E-state index < -0.39 is 33.5 Å². The molecule has 0 bridgehead atoms. The van der Waals surface area contributed by atoms with Crippen LogP contribution in [0.4, 0.5) is 0 Å². The number of aliphatic hydroxyl groups excluding tert-OH is 1. The van der Waals surface area contributed by atoms with E-state index in [1.54, 1.807) is 0 Å². The summed E-state index contributed by atoms with van der Waals surface area (Å²) in [7, 11) is -0.923. The van der Waals surface area contributed by atoms with Crippen LogP contribution in [-0.2, 0) is 24.3 Å². The standard InChI is InChI=1S/C26H31N3O6S/c1-27(2)36(33,34)21-11-6-10-20(18-21)24(30)22-23(19-8-4-3-5-9-19)29(26(32)25(22)31)13-7-12-28-14-16-35-17-15-28/h3-6,8-11,18,23,30H,7,12-17H2,1-2H3/t23-/m1/s1. The number of rotatable bonds is 8. The molecule has 1 amide bonds. The molecule has 2 aliphatic rings. The molecule has 36 heavy (non-hydrogen) atoms. The molecule has 192 valence electrons. The van der Waals surface area contributed by atoms with Crippen molar-refractivity contribution in [2.75, 3.05) is 53.5 Å². The third kappa shape index (κ3) is 5.22. The SMILES string of the molecule is CN(C)S(=O)(=O)c1cccc(C(O)=C2C(=O)C(=O)N(CCCN3CCOCC3)[C@@H]2c2ccccc2)c1. The number of Topliss-reactive ketones (excluding diaryl/α,β-unsaturated/α-hetero) is 1. The molecule has 2 aliphatic heterocycles. The van der Waals surface area contributed by atoms with Crippen LogP contribution >= 0.6 is 0 Å². The number of ether oxygens (including phenoxy) is 1. The molecule has 2 aromatic carbocycles. The van der Waals surface area contributed by atoms with Crippen molar-refractivity contribution in [1.29, 1.82) is 0 Å². The predicted molar refractivity (Wildman–Crippen MR) is 135 cm³/mol. The van der Waals surface area contributed by atoms with E-state index in [4.69, 9.17) is 4.74 Å². The number of likely N-dealkylation sites (tertiary alicyclic amines) is 1. The number of hydrogen-bond donors (Lipinski definition) is 1. The first-order valence-electron chi connectivity index (χ1n) is 11.9. The van der Waals surface area contributed by atoms with Crippen molar-refractivity contribution in [3.05, 3.63) is 71.3 Å². The van der Waals surface area contributed by atoms with Crippen LogP contribution in [0.25, 0.3) is 5.76 Å². The van der Waals surface area contributed by atoms with Gasteiger partial charge in [0.2, 0.25) is 10.0 Å². The number of carbonyl (C=O) groups excluding carboxylic acids is 2. The van der Waals surface area contributed by atoms with E-state index in [9.17, 15) is 23.1 Å². The van der Waals surface area contributed by atoms with Crippen molar-refractivity contribution in [3.8, 4) is 0 Å². The summed E-state index contributed by atoms with van der Waals surface area (Å²) in [4.78, 5) is 30.1. The molecular weight excluding hydrogens is 482 g/mol. The normalized spacial score (nSPS) is 20.9. The van der Waals surface area contributed by atoms with Gasteiger partial charge in [0.05, 0.1) is 29.7 Å². The van der Waals surface area contributed by atoms with Gasteiger partial charge in [-0.3, -0.25) is 14.5 Å². The predicted octanol–water partition coefficient (Wildman–Crippen LogP) is 2.08. The molecule has 0 saturated carbocycles. The first kappa shape index (κ1) is 26.0. The Hall–Kier alpha value is -3.05. The topological polar surface area (TPSA) is 107 Å². The van der Waals surface area contributed by atoms with E-state index >= 15 is 0 Å². The minimum Gasteiger partial charge on any atom is -0.507 e. The second-order valence-electron chi connectivity index (χ2n) is 9.03. The highest BCUT2D eigenvalue weighted by Crippen LogP contribution is 2.39. The van der Waals surface area contributed by atoms with Crippen LogP contribution < -0.4 is 0 Å². The Kier molecular flexibility index (Phi) is 7.89. The van der Waals surface area contributed by atoms with E-state index in [2.05, 4.69) is 4.90 Å². The van der Waals surface area contributed by atoms with Crippen LogP contribution in [-0.4, -0.2) is 92.8 Å². The summed E-state index contributed by atoms with van der Waals surface area (Å²) >= 11 is 0. The Morgan fingerprint density at radius 2 is 1.72 bits per heavy atom. The fraction of sp³-hybridized carbons (Fsp3) is 0.385. The average Bonchev–Trinajstić information content (AvgIpc) is 3.14. The Balaban J connectivity index is 1.70. The van der Waals surface area contributed by atoms with Crippen molar-refractivity contribution in [3.63, 3.8) is 0 Å². The lowest BCUT2D eigenvalue weighted by Gasteiger charge is -2.29. The summed E-state index contributed by atoms with van der Waals surface area (Å²) in [6.07, 6.45) is 0.660. The highest BCUT2D eigenvalue weighted by atomic mass is 32.2. The molecule has 1 N–H and O–H groups in total. The molecule has 2 fully saturated rings. The van der Waals surface area contributed by atoms with Gasteiger partial charge >= 0.3 is 0 Å². The van der Waals surface area contributed by atoms with E-state index in [1.807, 2.05) is 30.3 Å². The smallest absolute Gasteiger partial charge is 0.295 e. The maximum atomic E-state index is 13.2. The Labute approximate surface area is 211 Å². The van der Waals surface area contributed by atoms with Gasteiger partial charge in [0.25, 0.3) is 11.7 Å². The van der Waals surface area contributed by atoms with Crippen molar-refractivity contribution in [2.45, 2.75) is 17.4 Å². The number of morpholine rings is 1. The molecule has 4 rings (SSSR count). The molecule has 0 radical (unpaired) electrons. The Morgan fingerprint density at radius 1 is 1.03 bits per heavy atom. The molecule has 0 aromatic heterocycles. The number of hydrogen-bond acceptors (Lipinski definition) is 7. The lowest BCUT2D eigenvalue weighted by Crippen LogP contribution is -2.38. The summed E-state index contributed by atoms with van der Waals surface area (Å²) in [6.45, 7) is 4.11. The number of ketones is 1. The molecule has 1 atom stereocenters. The van der Waals surface area contributed by atoms with Crippen molar-refractivity contribution < 1.29 is 27.9 Å². The lowest BCUT2D eigenvalue weighted by atomic mass is 9.95. The largest absolute Gasteiger partial charge is 0.507 e.